The molecule has 0 heterocycles. The smallest absolute Gasteiger partial charge is 0.207 e. The Hall–Kier alpha value is -0.800. The Morgan fingerprint density at radius 3 is 2.60 bits per heavy atom. The first kappa shape index (κ1) is 14.2. The van der Waals surface area contributed by atoms with Crippen molar-refractivity contribution in [2.24, 2.45) is 11.3 Å². The molecule has 2 bridgehead atoms. The molecular formula is C15H16Cl2FNO. The van der Waals surface area contributed by atoms with E-state index in [0.717, 1.165) is 32.1 Å². The molecule has 0 radical (unpaired) electrons. The van der Waals surface area contributed by atoms with E-state index in [0.29, 0.717) is 22.9 Å². The fourth-order valence-electron chi connectivity index (χ4n) is 4.08. The lowest BCUT2D eigenvalue weighted by Gasteiger charge is -2.36. The summed E-state index contributed by atoms with van der Waals surface area (Å²) in [5.41, 5.74) is 0.273. The summed E-state index contributed by atoms with van der Waals surface area (Å²) in [4.78, 5) is 11.0. The van der Waals surface area contributed by atoms with Crippen LogP contribution in [0.5, 0.6) is 0 Å². The van der Waals surface area contributed by atoms with E-state index < -0.39 is 11.9 Å². The van der Waals surface area contributed by atoms with Crippen molar-refractivity contribution in [2.45, 2.75) is 38.1 Å². The molecule has 1 N–H and O–H groups in total. The topological polar surface area (TPSA) is 29.1 Å². The molecule has 0 aromatic heterocycles. The molecule has 3 rings (SSSR count). The Morgan fingerprint density at radius 2 is 2.05 bits per heavy atom. The van der Waals surface area contributed by atoms with Crippen LogP contribution in [0.4, 0.5) is 4.39 Å². The molecule has 20 heavy (non-hydrogen) atoms. The molecule has 1 atom stereocenters. The molecule has 108 valence electrons. The molecule has 1 aromatic carbocycles. The lowest BCUT2D eigenvalue weighted by Crippen LogP contribution is -2.35. The van der Waals surface area contributed by atoms with Gasteiger partial charge in [0.15, 0.2) is 0 Å². The average Bonchev–Trinajstić information content (AvgIpc) is 3.04. The SMILES string of the molecule is O=CNC(c1c(F)ccc(Cl)c1Cl)C12CCC(CC1)C2. The van der Waals surface area contributed by atoms with Gasteiger partial charge in [-0.25, -0.2) is 4.39 Å². The van der Waals surface area contributed by atoms with Gasteiger partial charge in [-0.3, -0.25) is 4.79 Å². The zero-order chi connectivity index (χ0) is 14.3. The Morgan fingerprint density at radius 1 is 1.35 bits per heavy atom. The molecule has 0 saturated heterocycles. The number of halogens is 3. The van der Waals surface area contributed by atoms with Crippen molar-refractivity contribution in [1.82, 2.24) is 5.32 Å². The molecule has 2 saturated carbocycles. The van der Waals surface area contributed by atoms with E-state index in [1.165, 1.54) is 12.1 Å². The summed E-state index contributed by atoms with van der Waals surface area (Å²) < 4.78 is 14.3. The molecule has 1 amide bonds. The van der Waals surface area contributed by atoms with Gasteiger partial charge in [0.25, 0.3) is 0 Å². The second-order valence-corrected chi connectivity index (χ2v) is 6.77. The summed E-state index contributed by atoms with van der Waals surface area (Å²) in [6.45, 7) is 0. The third-order valence-corrected chi connectivity index (χ3v) is 5.83. The van der Waals surface area contributed by atoms with Crippen LogP contribution in [-0.2, 0) is 4.79 Å². The van der Waals surface area contributed by atoms with Gasteiger partial charge in [-0.2, -0.15) is 0 Å². The van der Waals surface area contributed by atoms with Crippen molar-refractivity contribution < 1.29 is 9.18 Å². The largest absolute Gasteiger partial charge is 0.351 e. The van der Waals surface area contributed by atoms with Crippen molar-refractivity contribution in [2.75, 3.05) is 0 Å². The van der Waals surface area contributed by atoms with Crippen LogP contribution in [0.3, 0.4) is 0 Å². The number of benzene rings is 1. The van der Waals surface area contributed by atoms with Crippen LogP contribution in [0.1, 0.15) is 43.7 Å². The van der Waals surface area contributed by atoms with Crippen molar-refractivity contribution in [3.05, 3.63) is 33.6 Å². The van der Waals surface area contributed by atoms with E-state index >= 15 is 0 Å². The van der Waals surface area contributed by atoms with Gasteiger partial charge < -0.3 is 5.32 Å². The second kappa shape index (κ2) is 5.19. The predicted octanol–water partition coefficient (Wildman–Crippen LogP) is 4.50. The number of hydrogen-bond donors (Lipinski definition) is 1. The summed E-state index contributed by atoms with van der Waals surface area (Å²) in [5, 5.41) is 3.35. The number of carbonyl (C=O) groups excluding carboxylic acids is 1. The Kier molecular flexibility index (Phi) is 3.67. The molecule has 2 fully saturated rings. The average molecular weight is 316 g/mol. The van der Waals surface area contributed by atoms with Crippen molar-refractivity contribution in [3.63, 3.8) is 0 Å². The minimum absolute atomic E-state index is 0.0687. The van der Waals surface area contributed by atoms with Gasteiger partial charge in [-0.1, -0.05) is 23.2 Å². The lowest BCUT2D eigenvalue weighted by molar-refractivity contribution is -0.111. The number of fused-ring (bicyclic) bond motifs is 2. The normalized spacial score (nSPS) is 29.4. The van der Waals surface area contributed by atoms with Gasteiger partial charge in [0.2, 0.25) is 6.41 Å². The zero-order valence-corrected chi connectivity index (χ0v) is 12.5. The maximum atomic E-state index is 14.3. The van der Waals surface area contributed by atoms with Crippen LogP contribution in [-0.4, -0.2) is 6.41 Å². The third-order valence-electron chi connectivity index (χ3n) is 5.01. The Bertz CT molecular complexity index is 541. The first-order valence-electron chi connectivity index (χ1n) is 6.90. The van der Waals surface area contributed by atoms with Gasteiger partial charge in [-0.05, 0) is 55.6 Å². The summed E-state index contributed by atoms with van der Waals surface area (Å²) in [7, 11) is 0. The number of hydrogen-bond acceptors (Lipinski definition) is 1. The quantitative estimate of drug-likeness (QED) is 0.643. The van der Waals surface area contributed by atoms with Crippen LogP contribution in [0, 0.1) is 17.2 Å². The van der Waals surface area contributed by atoms with Crippen LogP contribution in [0.15, 0.2) is 12.1 Å². The van der Waals surface area contributed by atoms with E-state index in [9.17, 15) is 9.18 Å². The highest BCUT2D eigenvalue weighted by Gasteiger charge is 2.51. The van der Waals surface area contributed by atoms with Gasteiger partial charge >= 0.3 is 0 Å². The highest BCUT2D eigenvalue weighted by atomic mass is 35.5. The first-order valence-corrected chi connectivity index (χ1v) is 7.66. The van der Waals surface area contributed by atoms with Crippen molar-refractivity contribution in [3.8, 4) is 0 Å². The van der Waals surface area contributed by atoms with Crippen molar-refractivity contribution >= 4 is 29.6 Å². The monoisotopic (exact) mass is 315 g/mol. The number of nitrogens with one attached hydrogen (secondary N) is 1. The van der Waals surface area contributed by atoms with Gasteiger partial charge in [-0.15, -0.1) is 0 Å². The maximum absolute atomic E-state index is 14.3. The molecule has 2 aliphatic rings. The third kappa shape index (κ3) is 2.11. The summed E-state index contributed by atoms with van der Waals surface area (Å²) in [5.74, 6) is 0.301. The fourth-order valence-corrected chi connectivity index (χ4v) is 4.51. The van der Waals surface area contributed by atoms with Gasteiger partial charge in [0.05, 0.1) is 16.1 Å². The Balaban J connectivity index is 2.08. The van der Waals surface area contributed by atoms with E-state index in [1.807, 2.05) is 0 Å². The molecule has 0 aliphatic heterocycles. The summed E-state index contributed by atoms with van der Waals surface area (Å²) >= 11 is 12.2. The summed E-state index contributed by atoms with van der Waals surface area (Å²) in [6, 6.07) is 2.38. The number of amides is 1. The fraction of sp³-hybridized carbons (Fsp3) is 0.533. The lowest BCUT2D eigenvalue weighted by atomic mass is 9.74. The first-order chi connectivity index (χ1) is 9.57. The van der Waals surface area contributed by atoms with Crippen LogP contribution < -0.4 is 5.32 Å². The van der Waals surface area contributed by atoms with E-state index in [1.54, 1.807) is 0 Å². The maximum Gasteiger partial charge on any atom is 0.207 e. The second-order valence-electron chi connectivity index (χ2n) is 5.98. The van der Waals surface area contributed by atoms with E-state index in [4.69, 9.17) is 23.2 Å². The standard InChI is InChI=1S/C15H16Cl2FNO/c16-10-1-2-11(18)12(13(10)17)14(19-8-20)15-5-3-9(7-15)4-6-15/h1-2,8-9,14H,3-7H2,(H,19,20). The van der Waals surface area contributed by atoms with Gasteiger partial charge in [0, 0.05) is 5.56 Å². The highest BCUT2D eigenvalue weighted by Crippen LogP contribution is 2.60. The van der Waals surface area contributed by atoms with Crippen LogP contribution in [0.25, 0.3) is 0 Å². The van der Waals surface area contributed by atoms with Crippen molar-refractivity contribution in [1.29, 1.82) is 0 Å². The molecule has 5 heteroatoms. The van der Waals surface area contributed by atoms with E-state index in [-0.39, 0.29) is 10.4 Å². The van der Waals surface area contributed by atoms with Crippen LogP contribution in [0.2, 0.25) is 10.0 Å². The summed E-state index contributed by atoms with van der Waals surface area (Å²) in [6.07, 6.45) is 5.98. The number of carbonyl (C=O) groups is 1. The number of rotatable bonds is 4. The predicted molar refractivity (Wildman–Crippen MR) is 77.4 cm³/mol. The molecule has 1 aromatic rings. The molecule has 2 aliphatic carbocycles. The zero-order valence-electron chi connectivity index (χ0n) is 11.0. The molecular weight excluding hydrogens is 300 g/mol. The Labute approximate surface area is 127 Å². The highest BCUT2D eigenvalue weighted by molar-refractivity contribution is 6.42. The van der Waals surface area contributed by atoms with Gasteiger partial charge in [0.1, 0.15) is 5.82 Å². The molecule has 0 spiro atoms. The minimum Gasteiger partial charge on any atom is -0.351 e. The minimum atomic E-state index is -0.400. The molecule has 1 unspecified atom stereocenters. The van der Waals surface area contributed by atoms with E-state index in [2.05, 4.69) is 5.32 Å². The molecule has 2 nitrogen and oxygen atoms in total. The van der Waals surface area contributed by atoms with Crippen LogP contribution >= 0.6 is 23.2 Å².